The molecule has 4 rings (SSSR count). The highest BCUT2D eigenvalue weighted by atomic mass is 15.1. The second kappa shape index (κ2) is 6.36. The van der Waals surface area contributed by atoms with Gasteiger partial charge in [0.25, 0.3) is 0 Å². The largest absolute Gasteiger partial charge is 0.292 e. The Kier molecular flexibility index (Phi) is 3.90. The average Bonchev–Trinajstić information content (AvgIpc) is 3.08. The standard InChI is InChI=1S/C22H19N3/c1-16-8-6-9-17(2)21(16)25-20(19-12-7-13-23-14-19)15-24-22(25)18-10-4-3-5-11-18/h3-15H,1-2H3. The van der Waals surface area contributed by atoms with Crippen LogP contribution in [0.15, 0.2) is 79.3 Å². The first-order valence-corrected chi connectivity index (χ1v) is 8.36. The zero-order valence-electron chi connectivity index (χ0n) is 14.3. The molecule has 0 aliphatic heterocycles. The summed E-state index contributed by atoms with van der Waals surface area (Å²) in [7, 11) is 0. The van der Waals surface area contributed by atoms with Crippen LogP contribution in [0.3, 0.4) is 0 Å². The summed E-state index contributed by atoms with van der Waals surface area (Å²) in [6.07, 6.45) is 5.61. The Morgan fingerprint density at radius 2 is 1.44 bits per heavy atom. The first-order valence-electron chi connectivity index (χ1n) is 8.36. The van der Waals surface area contributed by atoms with E-state index in [4.69, 9.17) is 4.98 Å². The van der Waals surface area contributed by atoms with Crippen molar-refractivity contribution in [3.63, 3.8) is 0 Å². The van der Waals surface area contributed by atoms with Gasteiger partial charge in [0.2, 0.25) is 0 Å². The molecule has 25 heavy (non-hydrogen) atoms. The Morgan fingerprint density at radius 3 is 2.12 bits per heavy atom. The van der Waals surface area contributed by atoms with Crippen molar-refractivity contribution in [2.45, 2.75) is 13.8 Å². The van der Waals surface area contributed by atoms with Gasteiger partial charge < -0.3 is 0 Å². The van der Waals surface area contributed by atoms with E-state index in [1.54, 1.807) is 6.20 Å². The lowest BCUT2D eigenvalue weighted by Gasteiger charge is -2.17. The quantitative estimate of drug-likeness (QED) is 0.517. The summed E-state index contributed by atoms with van der Waals surface area (Å²) in [5.41, 5.74) is 6.82. The van der Waals surface area contributed by atoms with Crippen molar-refractivity contribution in [1.82, 2.24) is 14.5 Å². The number of aryl methyl sites for hydroxylation is 2. The van der Waals surface area contributed by atoms with Gasteiger partial charge in [-0.15, -0.1) is 0 Å². The van der Waals surface area contributed by atoms with Gasteiger partial charge in [-0.25, -0.2) is 4.98 Å². The fourth-order valence-corrected chi connectivity index (χ4v) is 3.25. The second-order valence-corrected chi connectivity index (χ2v) is 6.15. The van der Waals surface area contributed by atoms with Gasteiger partial charge in [-0.3, -0.25) is 9.55 Å². The van der Waals surface area contributed by atoms with Gasteiger partial charge in [0.15, 0.2) is 0 Å². The van der Waals surface area contributed by atoms with E-state index in [1.807, 2.05) is 36.7 Å². The van der Waals surface area contributed by atoms with Crippen LogP contribution in [0.2, 0.25) is 0 Å². The molecule has 0 saturated carbocycles. The van der Waals surface area contributed by atoms with Crippen LogP contribution < -0.4 is 0 Å². The molecule has 2 aromatic carbocycles. The predicted molar refractivity (Wildman–Crippen MR) is 102 cm³/mol. The summed E-state index contributed by atoms with van der Waals surface area (Å²) >= 11 is 0. The fourth-order valence-electron chi connectivity index (χ4n) is 3.25. The minimum Gasteiger partial charge on any atom is -0.292 e. The molecular weight excluding hydrogens is 306 g/mol. The van der Waals surface area contributed by atoms with Crippen molar-refractivity contribution in [2.24, 2.45) is 0 Å². The maximum Gasteiger partial charge on any atom is 0.145 e. The summed E-state index contributed by atoms with van der Waals surface area (Å²) in [4.78, 5) is 9.04. The van der Waals surface area contributed by atoms with Gasteiger partial charge in [0.1, 0.15) is 5.82 Å². The smallest absolute Gasteiger partial charge is 0.145 e. The lowest BCUT2D eigenvalue weighted by molar-refractivity contribution is 1.04. The van der Waals surface area contributed by atoms with Crippen molar-refractivity contribution in [2.75, 3.05) is 0 Å². The SMILES string of the molecule is Cc1cccc(C)c1-n1c(-c2cccnc2)cnc1-c1ccccc1. The number of hydrogen-bond acceptors (Lipinski definition) is 2. The lowest BCUT2D eigenvalue weighted by atomic mass is 10.1. The van der Waals surface area contributed by atoms with Crippen molar-refractivity contribution < 1.29 is 0 Å². The minimum absolute atomic E-state index is 0.942. The maximum absolute atomic E-state index is 4.76. The zero-order valence-corrected chi connectivity index (χ0v) is 14.3. The number of pyridine rings is 1. The monoisotopic (exact) mass is 325 g/mol. The van der Waals surface area contributed by atoms with E-state index in [1.165, 1.54) is 16.8 Å². The highest BCUT2D eigenvalue weighted by Gasteiger charge is 2.17. The summed E-state index contributed by atoms with van der Waals surface area (Å²) in [6.45, 7) is 4.29. The van der Waals surface area contributed by atoms with E-state index in [-0.39, 0.29) is 0 Å². The van der Waals surface area contributed by atoms with E-state index in [2.05, 4.69) is 59.8 Å². The normalized spacial score (nSPS) is 10.8. The molecule has 3 nitrogen and oxygen atoms in total. The highest BCUT2D eigenvalue weighted by molar-refractivity contribution is 5.70. The Labute approximate surface area is 147 Å². The van der Waals surface area contributed by atoms with E-state index in [0.29, 0.717) is 0 Å². The molecule has 0 spiro atoms. The van der Waals surface area contributed by atoms with Gasteiger partial charge in [0, 0.05) is 23.5 Å². The molecule has 0 unspecified atom stereocenters. The summed E-state index contributed by atoms with van der Waals surface area (Å²) < 4.78 is 2.25. The summed E-state index contributed by atoms with van der Waals surface area (Å²) in [5.74, 6) is 0.942. The first kappa shape index (κ1) is 15.3. The van der Waals surface area contributed by atoms with Crippen LogP contribution in [0.25, 0.3) is 28.3 Å². The third-order valence-corrected chi connectivity index (χ3v) is 4.41. The molecule has 0 aliphatic rings. The summed E-state index contributed by atoms with van der Waals surface area (Å²) in [6, 6.07) is 20.7. The molecule has 0 N–H and O–H groups in total. The number of rotatable bonds is 3. The van der Waals surface area contributed by atoms with Gasteiger partial charge in [-0.05, 0) is 37.1 Å². The van der Waals surface area contributed by atoms with E-state index in [9.17, 15) is 0 Å². The minimum atomic E-state index is 0.942. The molecule has 2 heterocycles. The zero-order chi connectivity index (χ0) is 17.2. The Balaban J connectivity index is 2.04. The van der Waals surface area contributed by atoms with Gasteiger partial charge in [-0.1, -0.05) is 48.5 Å². The van der Waals surface area contributed by atoms with Crippen molar-refractivity contribution in [3.8, 4) is 28.3 Å². The number of para-hydroxylation sites is 1. The number of nitrogens with zero attached hydrogens (tertiary/aromatic N) is 3. The van der Waals surface area contributed by atoms with Crippen LogP contribution in [0, 0.1) is 13.8 Å². The van der Waals surface area contributed by atoms with Crippen molar-refractivity contribution in [1.29, 1.82) is 0 Å². The molecule has 0 saturated heterocycles. The number of benzene rings is 2. The van der Waals surface area contributed by atoms with Gasteiger partial charge in [0.05, 0.1) is 17.6 Å². The molecule has 0 fully saturated rings. The first-order chi connectivity index (χ1) is 12.3. The third-order valence-electron chi connectivity index (χ3n) is 4.41. The van der Waals surface area contributed by atoms with Gasteiger partial charge >= 0.3 is 0 Å². The second-order valence-electron chi connectivity index (χ2n) is 6.15. The topological polar surface area (TPSA) is 30.7 Å². The summed E-state index contributed by atoms with van der Waals surface area (Å²) in [5, 5.41) is 0. The fraction of sp³-hybridized carbons (Fsp3) is 0.0909. The molecule has 0 aliphatic carbocycles. The molecule has 0 atom stereocenters. The Hall–Kier alpha value is -3.20. The molecule has 2 aromatic heterocycles. The Bertz CT molecular complexity index is 925. The van der Waals surface area contributed by atoms with Gasteiger partial charge in [-0.2, -0.15) is 0 Å². The maximum atomic E-state index is 4.76. The van der Waals surface area contributed by atoms with Crippen LogP contribution in [0.5, 0.6) is 0 Å². The average molecular weight is 325 g/mol. The number of imidazole rings is 1. The third kappa shape index (κ3) is 2.74. The Morgan fingerprint density at radius 1 is 0.720 bits per heavy atom. The van der Waals surface area contributed by atoms with Crippen LogP contribution in [0.1, 0.15) is 11.1 Å². The van der Waals surface area contributed by atoms with E-state index in [0.717, 1.165) is 22.6 Å². The van der Waals surface area contributed by atoms with Crippen LogP contribution in [0.4, 0.5) is 0 Å². The van der Waals surface area contributed by atoms with Crippen molar-refractivity contribution >= 4 is 0 Å². The predicted octanol–water partition coefficient (Wildman–Crippen LogP) is 5.22. The molecule has 122 valence electrons. The van der Waals surface area contributed by atoms with E-state index >= 15 is 0 Å². The van der Waals surface area contributed by atoms with Crippen LogP contribution in [-0.4, -0.2) is 14.5 Å². The molecule has 4 aromatic rings. The number of aromatic nitrogens is 3. The molecule has 0 bridgehead atoms. The number of hydrogen-bond donors (Lipinski definition) is 0. The van der Waals surface area contributed by atoms with Crippen LogP contribution in [-0.2, 0) is 0 Å². The molecule has 0 radical (unpaired) electrons. The molecular formula is C22H19N3. The molecule has 3 heteroatoms. The van der Waals surface area contributed by atoms with E-state index < -0.39 is 0 Å². The van der Waals surface area contributed by atoms with Crippen LogP contribution >= 0.6 is 0 Å². The lowest BCUT2D eigenvalue weighted by Crippen LogP contribution is -2.04. The van der Waals surface area contributed by atoms with Crippen molar-refractivity contribution in [3.05, 3.63) is 90.4 Å². The molecule has 0 amide bonds. The highest BCUT2D eigenvalue weighted by Crippen LogP contribution is 2.32.